The summed E-state index contributed by atoms with van der Waals surface area (Å²) in [5.41, 5.74) is 1.31. The normalized spacial score (nSPS) is 20.8. The summed E-state index contributed by atoms with van der Waals surface area (Å²) in [4.78, 5) is 13.7. The second-order valence-electron chi connectivity index (χ2n) is 6.39. The zero-order chi connectivity index (χ0) is 15.2. The van der Waals surface area contributed by atoms with Gasteiger partial charge in [0.15, 0.2) is 0 Å². The first-order valence-electron chi connectivity index (χ1n) is 7.79. The Labute approximate surface area is 127 Å². The van der Waals surface area contributed by atoms with Crippen LogP contribution in [0.2, 0.25) is 0 Å². The summed E-state index contributed by atoms with van der Waals surface area (Å²) in [7, 11) is 0. The van der Waals surface area contributed by atoms with Crippen LogP contribution in [-0.4, -0.2) is 41.1 Å². The molecule has 1 aliphatic heterocycles. The lowest BCUT2D eigenvalue weighted by molar-refractivity contribution is -0.140. The van der Waals surface area contributed by atoms with E-state index in [4.69, 9.17) is 0 Å². The zero-order valence-electron chi connectivity index (χ0n) is 13.0. The van der Waals surface area contributed by atoms with E-state index in [1.54, 1.807) is 0 Å². The average molecular weight is 290 g/mol. The summed E-state index contributed by atoms with van der Waals surface area (Å²) >= 11 is 0. The maximum absolute atomic E-state index is 11.3. The van der Waals surface area contributed by atoms with Gasteiger partial charge in [-0.05, 0) is 24.3 Å². The molecule has 21 heavy (non-hydrogen) atoms. The van der Waals surface area contributed by atoms with Crippen LogP contribution in [-0.2, 0) is 11.3 Å². The monoisotopic (exact) mass is 290 g/mol. The van der Waals surface area contributed by atoms with Gasteiger partial charge in [-0.1, -0.05) is 44.2 Å². The molecule has 2 N–H and O–H groups in total. The maximum Gasteiger partial charge on any atom is 0.320 e. The SMILES string of the molecule is CC(C)CC(NC1CCN(Cc2ccccc2)C1)C(=O)O. The van der Waals surface area contributed by atoms with Crippen LogP contribution in [0.15, 0.2) is 30.3 Å². The van der Waals surface area contributed by atoms with Crippen LogP contribution in [0.4, 0.5) is 0 Å². The van der Waals surface area contributed by atoms with Gasteiger partial charge in [-0.15, -0.1) is 0 Å². The second-order valence-corrected chi connectivity index (χ2v) is 6.39. The van der Waals surface area contributed by atoms with Crippen LogP contribution in [0.3, 0.4) is 0 Å². The highest BCUT2D eigenvalue weighted by molar-refractivity contribution is 5.73. The van der Waals surface area contributed by atoms with Gasteiger partial charge in [0.25, 0.3) is 0 Å². The Morgan fingerprint density at radius 2 is 2.10 bits per heavy atom. The first kappa shape index (κ1) is 16.0. The van der Waals surface area contributed by atoms with Crippen molar-refractivity contribution in [3.63, 3.8) is 0 Å². The number of carbonyl (C=O) groups is 1. The van der Waals surface area contributed by atoms with E-state index in [0.29, 0.717) is 12.3 Å². The molecule has 4 nitrogen and oxygen atoms in total. The van der Waals surface area contributed by atoms with Crippen molar-refractivity contribution < 1.29 is 9.90 Å². The minimum Gasteiger partial charge on any atom is -0.480 e. The molecule has 1 fully saturated rings. The van der Waals surface area contributed by atoms with Crippen LogP contribution in [0, 0.1) is 5.92 Å². The van der Waals surface area contributed by atoms with Crippen molar-refractivity contribution in [2.24, 2.45) is 5.92 Å². The molecule has 116 valence electrons. The molecular weight excluding hydrogens is 264 g/mol. The molecule has 2 atom stereocenters. The molecule has 0 radical (unpaired) electrons. The van der Waals surface area contributed by atoms with Crippen LogP contribution < -0.4 is 5.32 Å². The molecule has 1 heterocycles. The van der Waals surface area contributed by atoms with E-state index in [0.717, 1.165) is 26.1 Å². The Morgan fingerprint density at radius 1 is 1.38 bits per heavy atom. The highest BCUT2D eigenvalue weighted by Crippen LogP contribution is 2.15. The summed E-state index contributed by atoms with van der Waals surface area (Å²) in [6, 6.07) is 10.3. The highest BCUT2D eigenvalue weighted by Gasteiger charge is 2.27. The lowest BCUT2D eigenvalue weighted by Crippen LogP contribution is -2.45. The van der Waals surface area contributed by atoms with Gasteiger partial charge in [-0.3, -0.25) is 9.69 Å². The molecule has 0 bridgehead atoms. The largest absolute Gasteiger partial charge is 0.480 e. The van der Waals surface area contributed by atoms with E-state index in [1.807, 2.05) is 6.07 Å². The second kappa shape index (κ2) is 7.57. The Kier molecular flexibility index (Phi) is 5.76. The first-order valence-corrected chi connectivity index (χ1v) is 7.79. The number of aliphatic carboxylic acids is 1. The van der Waals surface area contributed by atoms with Crippen LogP contribution in [0.5, 0.6) is 0 Å². The van der Waals surface area contributed by atoms with Gasteiger partial charge in [-0.2, -0.15) is 0 Å². The van der Waals surface area contributed by atoms with Crippen LogP contribution >= 0.6 is 0 Å². The smallest absolute Gasteiger partial charge is 0.320 e. The number of nitrogens with one attached hydrogen (secondary N) is 1. The fourth-order valence-electron chi connectivity index (χ4n) is 2.95. The minimum atomic E-state index is -0.731. The van der Waals surface area contributed by atoms with E-state index < -0.39 is 12.0 Å². The Balaban J connectivity index is 1.82. The molecule has 0 spiro atoms. The summed E-state index contributed by atoms with van der Waals surface area (Å²) in [6.45, 7) is 7.03. The Bertz CT molecular complexity index is 447. The summed E-state index contributed by atoms with van der Waals surface area (Å²) in [5, 5.41) is 12.6. The standard InChI is InChI=1S/C17H26N2O2/c1-13(2)10-16(17(20)21)18-15-8-9-19(12-15)11-14-6-4-3-5-7-14/h3-7,13,15-16,18H,8-12H2,1-2H3,(H,20,21). The lowest BCUT2D eigenvalue weighted by atomic mass is 10.0. The fraction of sp³-hybridized carbons (Fsp3) is 0.588. The topological polar surface area (TPSA) is 52.6 Å². The predicted octanol–water partition coefficient (Wildman–Crippen LogP) is 2.35. The molecule has 1 aromatic carbocycles. The van der Waals surface area contributed by atoms with Gasteiger partial charge in [-0.25, -0.2) is 0 Å². The molecule has 1 aromatic rings. The van der Waals surface area contributed by atoms with Crippen LogP contribution in [0.1, 0.15) is 32.3 Å². The predicted molar refractivity (Wildman–Crippen MR) is 84.1 cm³/mol. The van der Waals surface area contributed by atoms with Crippen molar-refractivity contribution in [1.29, 1.82) is 0 Å². The molecule has 0 aromatic heterocycles. The van der Waals surface area contributed by atoms with Gasteiger partial charge < -0.3 is 10.4 Å². The molecular formula is C17H26N2O2. The molecule has 2 unspecified atom stereocenters. The first-order chi connectivity index (χ1) is 10.0. The third-order valence-electron chi connectivity index (χ3n) is 3.96. The fourth-order valence-corrected chi connectivity index (χ4v) is 2.95. The number of hydrogen-bond acceptors (Lipinski definition) is 3. The highest BCUT2D eigenvalue weighted by atomic mass is 16.4. The summed E-state index contributed by atoms with van der Waals surface area (Å²) in [6.07, 6.45) is 1.71. The van der Waals surface area contributed by atoms with Crippen molar-refractivity contribution in [2.75, 3.05) is 13.1 Å². The third kappa shape index (κ3) is 5.14. The lowest BCUT2D eigenvalue weighted by Gasteiger charge is -2.22. The van der Waals surface area contributed by atoms with E-state index in [1.165, 1.54) is 5.56 Å². The quantitative estimate of drug-likeness (QED) is 0.809. The Morgan fingerprint density at radius 3 is 2.71 bits per heavy atom. The number of hydrogen-bond donors (Lipinski definition) is 2. The number of likely N-dealkylation sites (tertiary alicyclic amines) is 1. The van der Waals surface area contributed by atoms with E-state index in [2.05, 4.69) is 48.3 Å². The van der Waals surface area contributed by atoms with Gasteiger partial charge in [0.2, 0.25) is 0 Å². The van der Waals surface area contributed by atoms with Crippen molar-refractivity contribution >= 4 is 5.97 Å². The minimum absolute atomic E-state index is 0.286. The van der Waals surface area contributed by atoms with Crippen molar-refractivity contribution in [3.05, 3.63) is 35.9 Å². The third-order valence-corrected chi connectivity index (χ3v) is 3.96. The molecule has 0 amide bonds. The van der Waals surface area contributed by atoms with E-state index in [9.17, 15) is 9.90 Å². The number of carboxylic acids is 1. The number of benzene rings is 1. The maximum atomic E-state index is 11.3. The zero-order valence-corrected chi connectivity index (χ0v) is 13.0. The van der Waals surface area contributed by atoms with E-state index in [-0.39, 0.29) is 6.04 Å². The number of carboxylic acid groups (broad SMARTS) is 1. The number of rotatable bonds is 7. The molecule has 1 aliphatic rings. The van der Waals surface area contributed by atoms with Crippen molar-refractivity contribution in [1.82, 2.24) is 10.2 Å². The molecule has 1 saturated heterocycles. The molecule has 0 saturated carbocycles. The van der Waals surface area contributed by atoms with E-state index >= 15 is 0 Å². The van der Waals surface area contributed by atoms with Crippen molar-refractivity contribution in [2.45, 2.75) is 45.3 Å². The molecule has 0 aliphatic carbocycles. The summed E-state index contributed by atoms with van der Waals surface area (Å²) < 4.78 is 0. The average Bonchev–Trinajstić information content (AvgIpc) is 2.86. The summed E-state index contributed by atoms with van der Waals surface area (Å²) in [5.74, 6) is -0.342. The number of nitrogens with zero attached hydrogens (tertiary/aromatic N) is 1. The van der Waals surface area contributed by atoms with Gasteiger partial charge >= 0.3 is 5.97 Å². The molecule has 4 heteroatoms. The van der Waals surface area contributed by atoms with Gasteiger partial charge in [0.05, 0.1) is 0 Å². The van der Waals surface area contributed by atoms with Crippen LogP contribution in [0.25, 0.3) is 0 Å². The van der Waals surface area contributed by atoms with Gasteiger partial charge in [0.1, 0.15) is 6.04 Å². The van der Waals surface area contributed by atoms with Gasteiger partial charge in [0, 0.05) is 25.7 Å². The molecule has 2 rings (SSSR count). The Hall–Kier alpha value is -1.39. The van der Waals surface area contributed by atoms with Crippen molar-refractivity contribution in [3.8, 4) is 0 Å².